The Morgan fingerprint density at radius 3 is 2.23 bits per heavy atom. The lowest BCUT2D eigenvalue weighted by atomic mass is 9.93. The summed E-state index contributed by atoms with van der Waals surface area (Å²) in [7, 11) is 1.58. The van der Waals surface area contributed by atoms with E-state index in [-0.39, 0.29) is 30.8 Å². The molecule has 0 fully saturated rings. The summed E-state index contributed by atoms with van der Waals surface area (Å²) in [6.07, 6.45) is -1.34. The van der Waals surface area contributed by atoms with Crippen molar-refractivity contribution < 1.29 is 29.7 Å². The van der Waals surface area contributed by atoms with E-state index in [4.69, 9.17) is 33.9 Å². The lowest BCUT2D eigenvalue weighted by Gasteiger charge is -2.28. The average molecular weight is 392 g/mol. The molecule has 8 N–H and O–H groups in total. The van der Waals surface area contributed by atoms with Crippen molar-refractivity contribution >= 4 is 34.9 Å². The van der Waals surface area contributed by atoms with Gasteiger partial charge in [0.1, 0.15) is 10.8 Å². The van der Waals surface area contributed by atoms with Crippen LogP contribution in [0.1, 0.15) is 26.2 Å². The minimum atomic E-state index is -1.26. The van der Waals surface area contributed by atoms with Gasteiger partial charge in [-0.25, -0.2) is 5.43 Å². The molecule has 0 saturated carbocycles. The van der Waals surface area contributed by atoms with Gasteiger partial charge in [0.25, 0.3) is 0 Å². The molecule has 0 spiro atoms. The molecule has 0 saturated heterocycles. The van der Waals surface area contributed by atoms with Gasteiger partial charge in [-0.1, -0.05) is 12.2 Å². The molecule has 0 aliphatic carbocycles. The van der Waals surface area contributed by atoms with Crippen LogP contribution < -0.4 is 16.9 Å². The highest BCUT2D eigenvalue weighted by Gasteiger charge is 2.24. The maximum absolute atomic E-state index is 12.0. The number of nitrogens with one attached hydrogen (secondary N) is 1. The van der Waals surface area contributed by atoms with E-state index in [2.05, 4.69) is 5.43 Å². The molecule has 0 radical (unpaired) electrons. The third-order valence-corrected chi connectivity index (χ3v) is 4.35. The molecule has 1 unspecified atom stereocenters. The number of rotatable bonds is 13. The minimum absolute atomic E-state index is 0.0806. The Morgan fingerprint density at radius 2 is 1.81 bits per heavy atom. The van der Waals surface area contributed by atoms with Crippen molar-refractivity contribution in [2.45, 2.75) is 38.3 Å². The van der Waals surface area contributed by atoms with Crippen molar-refractivity contribution in [3.63, 3.8) is 0 Å². The lowest BCUT2D eigenvalue weighted by molar-refractivity contribution is -0.145. The first-order chi connectivity index (χ1) is 12.0. The van der Waals surface area contributed by atoms with Gasteiger partial charge >= 0.3 is 5.97 Å². The summed E-state index contributed by atoms with van der Waals surface area (Å²) in [6.45, 7) is 1.02. The second kappa shape index (κ2) is 11.9. The molecule has 1 amide bonds. The Bertz CT molecular complexity index is 516. The molecular weight excluding hydrogens is 364 g/mol. The number of amides is 1. The van der Waals surface area contributed by atoms with Crippen LogP contribution in [0.15, 0.2) is 0 Å². The Kier molecular flexibility index (Phi) is 11.1. The van der Waals surface area contributed by atoms with E-state index in [1.54, 1.807) is 7.05 Å². The standard InChI is InChI=1S/C15H28N4O6S/c1-8(21)13(17)14(26)19(2)18-6-9(4-12(16)23)3-11(22)5-10(7-20)15(24)25/h8-10,13,18,20-21H,3-7,17H2,1-2H3,(H2,16,23)(H,24,25)/t8?,9-,10-,13-/m1/s1. The zero-order chi connectivity index (χ0) is 20.4. The number of likely N-dealkylation sites (N-methyl/N-ethyl adjacent to an activating group) is 1. The van der Waals surface area contributed by atoms with Crippen molar-refractivity contribution in [3.05, 3.63) is 0 Å². The van der Waals surface area contributed by atoms with Gasteiger partial charge < -0.3 is 31.8 Å². The van der Waals surface area contributed by atoms with Crippen molar-refractivity contribution in [3.8, 4) is 0 Å². The van der Waals surface area contributed by atoms with Crippen LogP contribution in [0.4, 0.5) is 0 Å². The number of primary amides is 1. The summed E-state index contributed by atoms with van der Waals surface area (Å²) in [4.78, 5) is 34.4. The Hall–Kier alpha value is -1.66. The number of nitrogens with zero attached hydrogens (tertiary/aromatic N) is 1. The molecule has 0 heterocycles. The number of aliphatic hydroxyl groups is 2. The Labute approximate surface area is 157 Å². The van der Waals surface area contributed by atoms with Crippen molar-refractivity contribution in [2.75, 3.05) is 20.2 Å². The smallest absolute Gasteiger partial charge is 0.309 e. The summed E-state index contributed by atoms with van der Waals surface area (Å²) in [5, 5.41) is 28.8. The molecule has 26 heavy (non-hydrogen) atoms. The number of thiocarbonyl (C=S) groups is 1. The maximum Gasteiger partial charge on any atom is 0.309 e. The van der Waals surface area contributed by atoms with Crippen LogP contribution in [0.2, 0.25) is 0 Å². The summed E-state index contributed by atoms with van der Waals surface area (Å²) >= 11 is 5.13. The van der Waals surface area contributed by atoms with Crippen LogP contribution >= 0.6 is 12.2 Å². The van der Waals surface area contributed by atoms with Crippen LogP contribution in [-0.2, 0) is 14.4 Å². The molecule has 0 aromatic rings. The summed E-state index contributed by atoms with van der Waals surface area (Å²) in [5.41, 5.74) is 13.8. The largest absolute Gasteiger partial charge is 0.481 e. The first kappa shape index (κ1) is 24.3. The molecule has 0 aromatic heterocycles. The quantitative estimate of drug-likeness (QED) is 0.151. The molecule has 0 aliphatic heterocycles. The van der Waals surface area contributed by atoms with Gasteiger partial charge in [0, 0.05) is 32.9 Å². The first-order valence-corrected chi connectivity index (χ1v) is 8.48. The van der Waals surface area contributed by atoms with Gasteiger partial charge in [0.15, 0.2) is 0 Å². The van der Waals surface area contributed by atoms with Crippen LogP contribution in [-0.4, -0.2) is 75.3 Å². The van der Waals surface area contributed by atoms with E-state index in [1.807, 2.05) is 0 Å². The molecule has 10 nitrogen and oxygen atoms in total. The number of nitrogens with two attached hydrogens (primary N) is 2. The third-order valence-electron chi connectivity index (χ3n) is 3.80. The summed E-state index contributed by atoms with van der Waals surface area (Å²) in [6, 6.07) is -0.764. The third kappa shape index (κ3) is 9.15. The molecule has 4 atom stereocenters. The zero-order valence-electron chi connectivity index (χ0n) is 14.9. The fraction of sp³-hybridized carbons (Fsp3) is 0.733. The molecule has 0 aromatic carbocycles. The zero-order valence-corrected chi connectivity index (χ0v) is 15.7. The first-order valence-electron chi connectivity index (χ1n) is 8.07. The molecule has 11 heteroatoms. The van der Waals surface area contributed by atoms with E-state index >= 15 is 0 Å². The number of hydrazine groups is 1. The number of Topliss-reactive ketones (excluding diaryl/α,β-unsaturated/α-hetero) is 1. The number of carboxylic acid groups (broad SMARTS) is 1. The summed E-state index contributed by atoms with van der Waals surface area (Å²) < 4.78 is 0. The van der Waals surface area contributed by atoms with E-state index in [1.165, 1.54) is 11.9 Å². The molecule has 0 aliphatic rings. The van der Waals surface area contributed by atoms with E-state index in [9.17, 15) is 19.5 Å². The van der Waals surface area contributed by atoms with Crippen molar-refractivity contribution in [1.82, 2.24) is 10.4 Å². The lowest BCUT2D eigenvalue weighted by Crippen LogP contribution is -2.52. The fourth-order valence-electron chi connectivity index (χ4n) is 2.19. The highest BCUT2D eigenvalue weighted by molar-refractivity contribution is 7.80. The highest BCUT2D eigenvalue weighted by atomic mass is 32.1. The number of carboxylic acids is 1. The van der Waals surface area contributed by atoms with Gasteiger partial charge in [-0.3, -0.25) is 14.4 Å². The Morgan fingerprint density at radius 1 is 1.23 bits per heavy atom. The topological polar surface area (TPSA) is 179 Å². The van der Waals surface area contributed by atoms with Gasteiger partial charge in [-0.2, -0.15) is 0 Å². The monoisotopic (exact) mass is 392 g/mol. The van der Waals surface area contributed by atoms with Crippen LogP contribution in [0.3, 0.4) is 0 Å². The number of carbonyl (C=O) groups is 3. The van der Waals surface area contributed by atoms with Crippen molar-refractivity contribution in [1.29, 1.82) is 0 Å². The predicted molar refractivity (Wildman–Crippen MR) is 97.8 cm³/mol. The van der Waals surface area contributed by atoms with Crippen LogP contribution in [0, 0.1) is 11.8 Å². The number of ketones is 1. The van der Waals surface area contributed by atoms with E-state index in [0.717, 1.165) is 0 Å². The fourth-order valence-corrected chi connectivity index (χ4v) is 2.45. The highest BCUT2D eigenvalue weighted by Crippen LogP contribution is 2.13. The van der Waals surface area contributed by atoms with Gasteiger partial charge in [-0.05, 0) is 12.8 Å². The van der Waals surface area contributed by atoms with E-state index in [0.29, 0.717) is 0 Å². The number of aliphatic hydroxyl groups excluding tert-OH is 2. The SMILES string of the molecule is CC(O)[C@@H](N)C(=S)N(C)NC[C@@H](CC(N)=O)CC(=O)C[C@H](CO)C(=O)O. The van der Waals surface area contributed by atoms with E-state index < -0.39 is 48.2 Å². The maximum atomic E-state index is 12.0. The second-order valence-electron chi connectivity index (χ2n) is 6.23. The minimum Gasteiger partial charge on any atom is -0.481 e. The van der Waals surface area contributed by atoms with Gasteiger partial charge in [0.05, 0.1) is 24.7 Å². The molecule has 0 bridgehead atoms. The number of hydrogen-bond acceptors (Lipinski definition) is 8. The molecular formula is C15H28N4O6S. The van der Waals surface area contributed by atoms with Crippen LogP contribution in [0.5, 0.6) is 0 Å². The van der Waals surface area contributed by atoms with Crippen molar-refractivity contribution in [2.24, 2.45) is 23.3 Å². The number of hydrogen-bond donors (Lipinski definition) is 6. The Balaban J connectivity index is 4.75. The number of aliphatic carboxylic acids is 1. The predicted octanol–water partition coefficient (Wildman–Crippen LogP) is -2.01. The van der Waals surface area contributed by atoms with Crippen LogP contribution in [0.25, 0.3) is 0 Å². The van der Waals surface area contributed by atoms with Gasteiger partial charge in [-0.15, -0.1) is 0 Å². The second-order valence-corrected chi connectivity index (χ2v) is 6.65. The molecule has 150 valence electrons. The number of carbonyl (C=O) groups excluding carboxylic acids is 2. The normalized spacial score (nSPS) is 15.6. The molecule has 0 rings (SSSR count). The average Bonchev–Trinajstić information content (AvgIpc) is 2.54. The summed E-state index contributed by atoms with van der Waals surface area (Å²) in [5.74, 6) is -3.93. The van der Waals surface area contributed by atoms with Gasteiger partial charge in [0.2, 0.25) is 5.91 Å².